The monoisotopic (exact) mass is 348 g/mol. The fourth-order valence-electron chi connectivity index (χ4n) is 2.57. The maximum absolute atomic E-state index is 13.1. The summed E-state index contributed by atoms with van der Waals surface area (Å²) in [4.78, 5) is 0. The van der Waals surface area contributed by atoms with E-state index < -0.39 is 21.7 Å². The Kier molecular flexibility index (Phi) is 6.07. The van der Waals surface area contributed by atoms with Gasteiger partial charge in [-0.25, -0.2) is 17.2 Å². The Labute approximate surface area is 135 Å². The molecule has 2 rings (SSSR count). The summed E-state index contributed by atoms with van der Waals surface area (Å²) < 4.78 is 57.5. The van der Waals surface area contributed by atoms with Gasteiger partial charge < -0.3 is 10.1 Å². The van der Waals surface area contributed by atoms with E-state index in [2.05, 4.69) is 5.32 Å². The Morgan fingerprint density at radius 1 is 1.22 bits per heavy atom. The standard InChI is InChI=1S/C15H22F2N2O3S/c1-11-9-19(10-12(2)22-11)23(20,21)6-5-18-8-13-3-4-14(16)15(17)7-13/h3-4,7,11-12,18H,5-6,8-10H2,1-2H3. The van der Waals surface area contributed by atoms with Crippen LogP contribution in [-0.4, -0.2) is 50.3 Å². The number of hydrogen-bond acceptors (Lipinski definition) is 4. The van der Waals surface area contributed by atoms with Crippen LogP contribution in [0.25, 0.3) is 0 Å². The molecule has 2 atom stereocenters. The van der Waals surface area contributed by atoms with Crippen molar-refractivity contribution >= 4 is 10.0 Å². The first-order valence-electron chi connectivity index (χ1n) is 7.56. The molecule has 8 heteroatoms. The molecule has 0 bridgehead atoms. The SMILES string of the molecule is CC1CN(S(=O)(=O)CCNCc2ccc(F)c(F)c2)CC(C)O1. The molecule has 1 fully saturated rings. The first kappa shape index (κ1) is 18.3. The minimum Gasteiger partial charge on any atom is -0.373 e. The van der Waals surface area contributed by atoms with E-state index in [9.17, 15) is 17.2 Å². The molecule has 1 aromatic rings. The number of ether oxygens (including phenoxy) is 1. The number of halogens is 2. The zero-order valence-corrected chi connectivity index (χ0v) is 14.1. The lowest BCUT2D eigenvalue weighted by Gasteiger charge is -2.34. The summed E-state index contributed by atoms with van der Waals surface area (Å²) in [7, 11) is -3.36. The topological polar surface area (TPSA) is 58.6 Å². The molecule has 0 amide bonds. The number of nitrogens with zero attached hydrogens (tertiary/aromatic N) is 1. The highest BCUT2D eigenvalue weighted by Crippen LogP contribution is 2.14. The van der Waals surface area contributed by atoms with E-state index in [-0.39, 0.29) is 31.1 Å². The van der Waals surface area contributed by atoms with Crippen molar-refractivity contribution in [3.05, 3.63) is 35.4 Å². The Bertz CT molecular complexity index is 630. The molecule has 1 saturated heterocycles. The predicted molar refractivity (Wildman–Crippen MR) is 83.4 cm³/mol. The molecule has 0 aliphatic carbocycles. The van der Waals surface area contributed by atoms with E-state index in [1.165, 1.54) is 10.4 Å². The molecule has 1 aliphatic rings. The quantitative estimate of drug-likeness (QED) is 0.792. The molecule has 0 radical (unpaired) electrons. The maximum Gasteiger partial charge on any atom is 0.215 e. The molecular weight excluding hydrogens is 326 g/mol. The molecule has 0 saturated carbocycles. The van der Waals surface area contributed by atoms with Crippen LogP contribution in [0.15, 0.2) is 18.2 Å². The number of hydrogen-bond donors (Lipinski definition) is 1. The molecular formula is C15H22F2N2O3S. The molecule has 0 aromatic heterocycles. The van der Waals surface area contributed by atoms with Crippen LogP contribution in [0.4, 0.5) is 8.78 Å². The van der Waals surface area contributed by atoms with Crippen LogP contribution >= 0.6 is 0 Å². The Morgan fingerprint density at radius 2 is 1.87 bits per heavy atom. The number of benzene rings is 1. The Hall–Kier alpha value is -1.09. The van der Waals surface area contributed by atoms with Gasteiger partial charge in [0.2, 0.25) is 10.0 Å². The van der Waals surface area contributed by atoms with Crippen LogP contribution in [0.2, 0.25) is 0 Å². The van der Waals surface area contributed by atoms with Gasteiger partial charge in [-0.2, -0.15) is 4.31 Å². The Balaban J connectivity index is 1.81. The van der Waals surface area contributed by atoms with Crippen molar-refractivity contribution in [1.82, 2.24) is 9.62 Å². The molecule has 130 valence electrons. The molecule has 5 nitrogen and oxygen atoms in total. The third-order valence-electron chi connectivity index (χ3n) is 3.63. The van der Waals surface area contributed by atoms with Crippen LogP contribution in [0.1, 0.15) is 19.4 Å². The lowest BCUT2D eigenvalue weighted by Crippen LogP contribution is -2.49. The van der Waals surface area contributed by atoms with Gasteiger partial charge in [0.1, 0.15) is 0 Å². The summed E-state index contributed by atoms with van der Waals surface area (Å²) >= 11 is 0. The molecule has 1 aliphatic heterocycles. The lowest BCUT2D eigenvalue weighted by atomic mass is 10.2. The van der Waals surface area contributed by atoms with Gasteiger partial charge >= 0.3 is 0 Å². The van der Waals surface area contributed by atoms with Crippen LogP contribution in [-0.2, 0) is 21.3 Å². The second-order valence-corrected chi connectivity index (χ2v) is 7.90. The van der Waals surface area contributed by atoms with Crippen molar-refractivity contribution in [3.8, 4) is 0 Å². The summed E-state index contributed by atoms with van der Waals surface area (Å²) in [5.74, 6) is -1.85. The zero-order valence-electron chi connectivity index (χ0n) is 13.3. The van der Waals surface area contributed by atoms with Gasteiger partial charge in [-0.1, -0.05) is 6.07 Å². The molecule has 1 heterocycles. The third-order valence-corrected chi connectivity index (χ3v) is 5.43. The van der Waals surface area contributed by atoms with Crippen molar-refractivity contribution in [3.63, 3.8) is 0 Å². The normalized spacial score (nSPS) is 23.1. The van der Waals surface area contributed by atoms with E-state index in [1.54, 1.807) is 0 Å². The average molecular weight is 348 g/mol. The van der Waals surface area contributed by atoms with Crippen LogP contribution in [0.3, 0.4) is 0 Å². The highest BCUT2D eigenvalue weighted by atomic mass is 32.2. The van der Waals surface area contributed by atoms with Gasteiger partial charge in [0.05, 0.1) is 18.0 Å². The minimum atomic E-state index is -3.36. The minimum absolute atomic E-state index is 0.0455. The number of sulfonamides is 1. The van der Waals surface area contributed by atoms with Gasteiger partial charge in [-0.3, -0.25) is 0 Å². The second-order valence-electron chi connectivity index (χ2n) is 5.82. The molecule has 2 unspecified atom stereocenters. The average Bonchev–Trinajstić information content (AvgIpc) is 2.46. The lowest BCUT2D eigenvalue weighted by molar-refractivity contribution is -0.0440. The molecule has 23 heavy (non-hydrogen) atoms. The molecule has 1 aromatic carbocycles. The van der Waals surface area contributed by atoms with E-state index in [0.717, 1.165) is 12.1 Å². The van der Waals surface area contributed by atoms with E-state index in [1.807, 2.05) is 13.8 Å². The van der Waals surface area contributed by atoms with E-state index in [4.69, 9.17) is 4.74 Å². The van der Waals surface area contributed by atoms with Gasteiger partial charge in [0.15, 0.2) is 11.6 Å². The first-order valence-corrected chi connectivity index (χ1v) is 9.17. The van der Waals surface area contributed by atoms with Gasteiger partial charge in [-0.05, 0) is 31.5 Å². The van der Waals surface area contributed by atoms with Gasteiger partial charge in [-0.15, -0.1) is 0 Å². The fraction of sp³-hybridized carbons (Fsp3) is 0.600. The largest absolute Gasteiger partial charge is 0.373 e. The molecule has 1 N–H and O–H groups in total. The van der Waals surface area contributed by atoms with Gasteiger partial charge in [0.25, 0.3) is 0 Å². The number of nitrogens with one attached hydrogen (secondary N) is 1. The maximum atomic E-state index is 13.1. The summed E-state index contributed by atoms with van der Waals surface area (Å²) in [6, 6.07) is 3.62. The number of rotatable bonds is 6. The van der Waals surface area contributed by atoms with E-state index in [0.29, 0.717) is 18.7 Å². The van der Waals surface area contributed by atoms with Crippen molar-refractivity contribution in [2.24, 2.45) is 0 Å². The summed E-state index contributed by atoms with van der Waals surface area (Å²) in [6.07, 6.45) is -0.243. The summed E-state index contributed by atoms with van der Waals surface area (Å²) in [5, 5.41) is 2.94. The smallest absolute Gasteiger partial charge is 0.215 e. The third kappa shape index (κ3) is 5.20. The number of morpholine rings is 1. The second kappa shape index (κ2) is 7.65. The zero-order chi connectivity index (χ0) is 17.0. The predicted octanol–water partition coefficient (Wildman–Crippen LogP) is 1.49. The van der Waals surface area contributed by atoms with E-state index >= 15 is 0 Å². The van der Waals surface area contributed by atoms with Crippen LogP contribution < -0.4 is 5.32 Å². The van der Waals surface area contributed by atoms with Gasteiger partial charge in [0, 0.05) is 26.2 Å². The summed E-state index contributed by atoms with van der Waals surface area (Å²) in [5.41, 5.74) is 0.565. The molecule has 0 spiro atoms. The Morgan fingerprint density at radius 3 is 2.48 bits per heavy atom. The van der Waals surface area contributed by atoms with Crippen molar-refractivity contribution in [2.45, 2.75) is 32.6 Å². The highest BCUT2D eigenvalue weighted by Gasteiger charge is 2.30. The fourth-order valence-corrected chi connectivity index (χ4v) is 4.11. The van der Waals surface area contributed by atoms with Crippen LogP contribution in [0, 0.1) is 11.6 Å². The highest BCUT2D eigenvalue weighted by molar-refractivity contribution is 7.89. The first-order chi connectivity index (χ1) is 10.8. The van der Waals surface area contributed by atoms with Crippen molar-refractivity contribution in [1.29, 1.82) is 0 Å². The van der Waals surface area contributed by atoms with Crippen molar-refractivity contribution < 1.29 is 21.9 Å². The van der Waals surface area contributed by atoms with Crippen molar-refractivity contribution in [2.75, 3.05) is 25.4 Å². The van der Waals surface area contributed by atoms with Crippen LogP contribution in [0.5, 0.6) is 0 Å². The summed E-state index contributed by atoms with van der Waals surface area (Å²) in [6.45, 7) is 4.93.